The molecule has 0 radical (unpaired) electrons. The minimum atomic E-state index is 0.774. The minimum Gasteiger partial charge on any atom is -0.330 e. The Morgan fingerprint density at radius 2 is 1.84 bits per heavy atom. The van der Waals surface area contributed by atoms with Crippen LogP contribution in [0.5, 0.6) is 0 Å². The van der Waals surface area contributed by atoms with E-state index in [0.717, 1.165) is 34.5 Å². The maximum Gasteiger partial charge on any atom is 0.209 e. The van der Waals surface area contributed by atoms with Crippen LogP contribution in [0.3, 0.4) is 0 Å². The molecule has 1 atom stereocenters. The Kier molecular flexibility index (Phi) is 5.96. The summed E-state index contributed by atoms with van der Waals surface area (Å²) in [6.45, 7) is 7.04. The monoisotopic (exact) mass is 371 g/mol. The standard InChI is InChI=1S/C19H22N4S2/c1-3-22(13-16-7-5-4-6-8-16)14-23-19(24)25-18(21-23)20-17-11-9-15(2)10-12-17/h4-12H,3,13-14H2,1-2H3,(H,20,21)/p+1. The van der Waals surface area contributed by atoms with E-state index in [1.54, 1.807) is 0 Å². The number of nitrogens with zero attached hydrogens (tertiary/aromatic N) is 2. The molecule has 25 heavy (non-hydrogen) atoms. The first-order valence-corrected chi connectivity index (χ1v) is 9.65. The Hall–Kier alpha value is -2.02. The lowest BCUT2D eigenvalue weighted by atomic mass is 10.2. The number of anilines is 2. The molecule has 0 saturated heterocycles. The molecule has 2 N–H and O–H groups in total. The summed E-state index contributed by atoms with van der Waals surface area (Å²) in [5.41, 5.74) is 3.61. The number of quaternary nitrogens is 1. The Morgan fingerprint density at radius 1 is 1.12 bits per heavy atom. The smallest absolute Gasteiger partial charge is 0.209 e. The SMILES string of the molecule is CC[NH+](Cc1ccccc1)Cn1nc(Nc2ccc(C)cc2)sc1=S. The normalized spacial score (nSPS) is 12.1. The van der Waals surface area contributed by atoms with Crippen LogP contribution in [0.4, 0.5) is 10.8 Å². The third-order valence-electron chi connectivity index (χ3n) is 4.08. The molecular weight excluding hydrogens is 348 g/mol. The van der Waals surface area contributed by atoms with Crippen molar-refractivity contribution in [2.45, 2.75) is 27.1 Å². The molecule has 1 unspecified atom stereocenters. The van der Waals surface area contributed by atoms with Gasteiger partial charge in [0.1, 0.15) is 6.54 Å². The first-order valence-electron chi connectivity index (χ1n) is 8.43. The van der Waals surface area contributed by atoms with Crippen molar-refractivity contribution in [2.24, 2.45) is 0 Å². The second-order valence-electron chi connectivity index (χ2n) is 6.09. The summed E-state index contributed by atoms with van der Waals surface area (Å²) < 4.78 is 2.73. The average molecular weight is 372 g/mol. The molecule has 0 aliphatic rings. The fourth-order valence-corrected chi connectivity index (χ4v) is 3.63. The molecule has 130 valence electrons. The lowest BCUT2D eigenvalue weighted by molar-refractivity contribution is -0.935. The molecule has 0 amide bonds. The van der Waals surface area contributed by atoms with Crippen molar-refractivity contribution in [1.82, 2.24) is 9.78 Å². The molecule has 2 aromatic carbocycles. The van der Waals surface area contributed by atoms with Gasteiger partial charge < -0.3 is 10.2 Å². The molecule has 0 spiro atoms. The van der Waals surface area contributed by atoms with Crippen LogP contribution < -0.4 is 10.2 Å². The number of hydrogen-bond donors (Lipinski definition) is 2. The van der Waals surface area contributed by atoms with Gasteiger partial charge in [0.2, 0.25) is 5.13 Å². The highest BCUT2D eigenvalue weighted by Gasteiger charge is 2.11. The second kappa shape index (κ2) is 8.38. The van der Waals surface area contributed by atoms with Gasteiger partial charge in [-0.2, -0.15) is 4.68 Å². The molecular formula is C19H23N4S2+. The largest absolute Gasteiger partial charge is 0.330 e. The van der Waals surface area contributed by atoms with Gasteiger partial charge in [-0.05, 0) is 38.2 Å². The number of nitrogens with one attached hydrogen (secondary N) is 2. The summed E-state index contributed by atoms with van der Waals surface area (Å²) in [6.07, 6.45) is 0. The lowest BCUT2D eigenvalue weighted by Crippen LogP contribution is -3.09. The molecule has 0 fully saturated rings. The fourth-order valence-electron chi connectivity index (χ4n) is 2.61. The lowest BCUT2D eigenvalue weighted by Gasteiger charge is -2.17. The van der Waals surface area contributed by atoms with Gasteiger partial charge in [0, 0.05) is 11.3 Å². The van der Waals surface area contributed by atoms with E-state index in [1.165, 1.54) is 27.4 Å². The Morgan fingerprint density at radius 3 is 2.52 bits per heavy atom. The van der Waals surface area contributed by atoms with Crippen molar-refractivity contribution in [2.75, 3.05) is 11.9 Å². The van der Waals surface area contributed by atoms with E-state index in [0.29, 0.717) is 0 Å². The topological polar surface area (TPSA) is 34.3 Å². The number of aryl methyl sites for hydroxylation is 1. The zero-order chi connectivity index (χ0) is 17.6. The van der Waals surface area contributed by atoms with Gasteiger partial charge in [0.05, 0.1) is 6.54 Å². The maximum atomic E-state index is 5.51. The van der Waals surface area contributed by atoms with Gasteiger partial charge in [0.25, 0.3) is 0 Å². The zero-order valence-electron chi connectivity index (χ0n) is 14.5. The number of hydrogen-bond acceptors (Lipinski definition) is 4. The molecule has 0 bridgehead atoms. The van der Waals surface area contributed by atoms with Crippen LogP contribution in [0.2, 0.25) is 0 Å². The van der Waals surface area contributed by atoms with Gasteiger partial charge in [0.15, 0.2) is 10.6 Å². The highest BCUT2D eigenvalue weighted by Crippen LogP contribution is 2.20. The Bertz CT molecular complexity index is 853. The van der Waals surface area contributed by atoms with Crippen LogP contribution in [0.15, 0.2) is 54.6 Å². The number of aromatic nitrogens is 2. The van der Waals surface area contributed by atoms with E-state index in [-0.39, 0.29) is 0 Å². The van der Waals surface area contributed by atoms with E-state index in [1.807, 2.05) is 4.68 Å². The Balaban J connectivity index is 1.68. The number of rotatable bonds is 7. The van der Waals surface area contributed by atoms with Gasteiger partial charge in [-0.15, -0.1) is 5.10 Å². The highest BCUT2D eigenvalue weighted by molar-refractivity contribution is 7.73. The molecule has 4 nitrogen and oxygen atoms in total. The van der Waals surface area contributed by atoms with Crippen LogP contribution in [-0.2, 0) is 13.2 Å². The van der Waals surface area contributed by atoms with Crippen molar-refractivity contribution in [3.05, 3.63) is 69.7 Å². The van der Waals surface area contributed by atoms with Crippen molar-refractivity contribution >= 4 is 34.4 Å². The van der Waals surface area contributed by atoms with Gasteiger partial charge in [-0.25, -0.2) is 0 Å². The van der Waals surface area contributed by atoms with Gasteiger partial charge in [-0.3, -0.25) is 0 Å². The molecule has 0 saturated carbocycles. The summed E-state index contributed by atoms with van der Waals surface area (Å²) in [6, 6.07) is 18.8. The molecule has 0 aliphatic carbocycles. The highest BCUT2D eigenvalue weighted by atomic mass is 32.1. The van der Waals surface area contributed by atoms with Gasteiger partial charge in [-0.1, -0.05) is 59.4 Å². The van der Waals surface area contributed by atoms with Crippen LogP contribution in [0.1, 0.15) is 18.1 Å². The van der Waals surface area contributed by atoms with E-state index in [2.05, 4.69) is 78.9 Å². The van der Waals surface area contributed by atoms with Crippen molar-refractivity contribution in [3.63, 3.8) is 0 Å². The third kappa shape index (κ3) is 4.98. The van der Waals surface area contributed by atoms with E-state index in [4.69, 9.17) is 12.2 Å². The summed E-state index contributed by atoms with van der Waals surface area (Å²) in [4.78, 5) is 1.43. The predicted molar refractivity (Wildman–Crippen MR) is 107 cm³/mol. The molecule has 0 aliphatic heterocycles. The molecule has 1 aromatic heterocycles. The van der Waals surface area contributed by atoms with E-state index < -0.39 is 0 Å². The fraction of sp³-hybridized carbons (Fsp3) is 0.263. The first kappa shape index (κ1) is 17.8. The van der Waals surface area contributed by atoms with E-state index in [9.17, 15) is 0 Å². The summed E-state index contributed by atoms with van der Waals surface area (Å²) in [5, 5.41) is 8.84. The van der Waals surface area contributed by atoms with Gasteiger partial charge >= 0.3 is 0 Å². The third-order valence-corrected chi connectivity index (χ3v) is 5.30. The number of benzene rings is 2. The summed E-state index contributed by atoms with van der Waals surface area (Å²) in [7, 11) is 0. The first-order chi connectivity index (χ1) is 12.1. The van der Waals surface area contributed by atoms with Crippen molar-refractivity contribution < 1.29 is 4.90 Å². The predicted octanol–water partition coefficient (Wildman–Crippen LogP) is 3.79. The minimum absolute atomic E-state index is 0.774. The summed E-state index contributed by atoms with van der Waals surface area (Å²) >= 11 is 7.02. The van der Waals surface area contributed by atoms with Crippen molar-refractivity contribution in [3.8, 4) is 0 Å². The van der Waals surface area contributed by atoms with Crippen LogP contribution in [0.25, 0.3) is 0 Å². The molecule has 3 aromatic rings. The molecule has 3 rings (SSSR count). The quantitative estimate of drug-likeness (QED) is 0.620. The van der Waals surface area contributed by atoms with E-state index >= 15 is 0 Å². The summed E-state index contributed by atoms with van der Waals surface area (Å²) in [5.74, 6) is 0. The van der Waals surface area contributed by atoms with Crippen LogP contribution >= 0.6 is 23.6 Å². The van der Waals surface area contributed by atoms with Crippen molar-refractivity contribution in [1.29, 1.82) is 0 Å². The zero-order valence-corrected chi connectivity index (χ0v) is 16.2. The van der Waals surface area contributed by atoms with Crippen LogP contribution in [0, 0.1) is 10.9 Å². The molecule has 6 heteroatoms. The maximum absolute atomic E-state index is 5.51. The molecule has 1 heterocycles. The average Bonchev–Trinajstić information content (AvgIpc) is 2.96. The second-order valence-corrected chi connectivity index (χ2v) is 7.71. The Labute approximate surface area is 157 Å². The van der Waals surface area contributed by atoms with Crippen LogP contribution in [-0.4, -0.2) is 16.3 Å².